The third-order valence-electron chi connectivity index (χ3n) is 4.76. The van der Waals surface area contributed by atoms with Crippen LogP contribution in [0.4, 0.5) is 34.9 Å². The molecule has 0 fully saturated rings. The summed E-state index contributed by atoms with van der Waals surface area (Å²) in [5, 5.41) is 9.24. The van der Waals surface area contributed by atoms with Crippen LogP contribution in [0, 0.1) is 0 Å². The van der Waals surface area contributed by atoms with Crippen molar-refractivity contribution in [1.29, 1.82) is 0 Å². The predicted octanol–water partition coefficient (Wildman–Crippen LogP) is 6.66. The molecule has 0 spiro atoms. The third kappa shape index (κ3) is 11.1. The summed E-state index contributed by atoms with van der Waals surface area (Å²) in [5.74, 6) is 4.84. The van der Waals surface area contributed by atoms with E-state index < -0.39 is 0 Å². The number of aromatic nitrogens is 6. The Morgan fingerprint density at radius 1 is 0.275 bits per heavy atom. The van der Waals surface area contributed by atoms with Crippen LogP contribution in [0.1, 0.15) is 0 Å². The molecule has 0 radical (unpaired) electrons. The fourth-order valence-corrected chi connectivity index (χ4v) is 3.01. The molecule has 40 heavy (non-hydrogen) atoms. The molecule has 9 nitrogen and oxygen atoms in total. The zero-order valence-corrected chi connectivity index (χ0v) is 23.1. The van der Waals surface area contributed by atoms with Crippen molar-refractivity contribution in [3.63, 3.8) is 0 Å². The van der Waals surface area contributed by atoms with Crippen LogP contribution in [-0.2, 0) is 19.5 Å². The monoisotopic (exact) mass is 615 g/mol. The molecule has 0 bridgehead atoms. The van der Waals surface area contributed by atoms with Crippen LogP contribution in [-0.4, -0.2) is 29.9 Å². The zero-order chi connectivity index (χ0) is 26.8. The Labute approximate surface area is 246 Å². The van der Waals surface area contributed by atoms with Gasteiger partial charge in [-0.25, -0.2) is 29.9 Å². The van der Waals surface area contributed by atoms with Gasteiger partial charge in [-0.2, -0.15) is 0 Å². The van der Waals surface area contributed by atoms with E-state index >= 15 is 0 Å². The van der Waals surface area contributed by atoms with Crippen LogP contribution < -0.4 is 16.0 Å². The van der Waals surface area contributed by atoms with Gasteiger partial charge in [0.1, 0.15) is 34.9 Å². The molecule has 0 atom stereocenters. The van der Waals surface area contributed by atoms with E-state index in [9.17, 15) is 0 Å². The molecule has 0 saturated heterocycles. The minimum atomic E-state index is 0. The van der Waals surface area contributed by atoms with Crippen molar-refractivity contribution in [2.24, 2.45) is 0 Å². The van der Waals surface area contributed by atoms with E-state index in [4.69, 9.17) is 0 Å². The van der Waals surface area contributed by atoms with Gasteiger partial charge in [-0.1, -0.05) is 36.4 Å². The molecule has 10 heteroatoms. The Morgan fingerprint density at radius 3 is 0.575 bits per heavy atom. The largest absolute Gasteiger partial charge is 0.325 e. The van der Waals surface area contributed by atoms with Crippen LogP contribution >= 0.6 is 0 Å². The van der Waals surface area contributed by atoms with Gasteiger partial charge < -0.3 is 16.0 Å². The quantitative estimate of drug-likeness (QED) is 0.177. The van der Waals surface area contributed by atoms with Crippen molar-refractivity contribution in [1.82, 2.24) is 29.9 Å². The molecule has 3 N–H and O–H groups in total. The topological polar surface area (TPSA) is 113 Å². The summed E-state index contributed by atoms with van der Waals surface area (Å²) in [6.45, 7) is 0. The molecule has 6 aromatic heterocycles. The van der Waals surface area contributed by atoms with E-state index in [0.29, 0.717) is 0 Å². The van der Waals surface area contributed by atoms with E-state index in [1.165, 1.54) is 0 Å². The first-order valence-electron chi connectivity index (χ1n) is 12.1. The minimum absolute atomic E-state index is 0. The van der Waals surface area contributed by atoms with Crippen molar-refractivity contribution < 1.29 is 19.5 Å². The van der Waals surface area contributed by atoms with Gasteiger partial charge >= 0.3 is 0 Å². The first-order chi connectivity index (χ1) is 19.3. The van der Waals surface area contributed by atoms with E-state index in [1.807, 2.05) is 109 Å². The van der Waals surface area contributed by atoms with Gasteiger partial charge in [0.05, 0.1) is 0 Å². The normalized spacial score (nSPS) is 9.30. The molecule has 6 aromatic rings. The van der Waals surface area contributed by atoms with E-state index in [0.717, 1.165) is 34.9 Å². The average Bonchev–Trinajstić information content (AvgIpc) is 3.01. The summed E-state index contributed by atoms with van der Waals surface area (Å²) in [4.78, 5) is 24.7. The number of rotatable bonds is 6. The fraction of sp³-hybridized carbons (Fsp3) is 0. The second-order valence-corrected chi connectivity index (χ2v) is 7.66. The Bertz CT molecular complexity index is 1150. The molecule has 0 aliphatic carbocycles. The van der Waals surface area contributed by atoms with E-state index in [2.05, 4.69) is 45.9 Å². The van der Waals surface area contributed by atoms with Crippen molar-refractivity contribution in [2.45, 2.75) is 0 Å². The Morgan fingerprint density at radius 2 is 0.450 bits per heavy atom. The molecule has 0 saturated carbocycles. The van der Waals surface area contributed by atoms with Gasteiger partial charge in [0.2, 0.25) is 0 Å². The molecular weight excluding hydrogens is 587 g/mol. The van der Waals surface area contributed by atoms with Crippen LogP contribution in [0.25, 0.3) is 0 Å². The predicted molar refractivity (Wildman–Crippen MR) is 155 cm³/mol. The number of anilines is 6. The van der Waals surface area contributed by atoms with Gasteiger partial charge in [-0.05, 0) is 72.8 Å². The van der Waals surface area contributed by atoms with Gasteiger partial charge in [0, 0.05) is 56.7 Å². The van der Waals surface area contributed by atoms with Crippen molar-refractivity contribution in [3.05, 3.63) is 146 Å². The Kier molecular flexibility index (Phi) is 12.8. The van der Waals surface area contributed by atoms with Gasteiger partial charge in [0.25, 0.3) is 0 Å². The standard InChI is InChI=1S/3C10H9N3.Ru/c3*1-3-7-11-9(5-1)13-10-6-2-4-8-12-10;/h3*1-8H,(H,11,12,13);. The van der Waals surface area contributed by atoms with E-state index in [-0.39, 0.29) is 19.5 Å². The fourth-order valence-electron chi connectivity index (χ4n) is 3.01. The maximum atomic E-state index is 4.12. The third-order valence-corrected chi connectivity index (χ3v) is 4.76. The van der Waals surface area contributed by atoms with Crippen molar-refractivity contribution in [2.75, 3.05) is 16.0 Å². The SMILES string of the molecule is [Ru].c1ccc(Nc2ccccn2)nc1.c1ccc(Nc2ccccn2)nc1.c1ccc(Nc2ccccn2)nc1. The molecular formula is C30H27N9Ru. The van der Waals surface area contributed by atoms with Gasteiger partial charge in [-0.3, -0.25) is 0 Å². The summed E-state index contributed by atoms with van der Waals surface area (Å²) in [7, 11) is 0. The summed E-state index contributed by atoms with van der Waals surface area (Å²) in [5.41, 5.74) is 0. The summed E-state index contributed by atoms with van der Waals surface area (Å²) in [6, 6.07) is 34.2. The number of hydrogen-bond donors (Lipinski definition) is 3. The molecule has 6 heterocycles. The minimum Gasteiger partial charge on any atom is -0.325 e. The van der Waals surface area contributed by atoms with Crippen LogP contribution in [0.3, 0.4) is 0 Å². The molecule has 0 aromatic carbocycles. The number of nitrogens with zero attached hydrogens (tertiary/aromatic N) is 6. The van der Waals surface area contributed by atoms with Crippen LogP contribution in [0.5, 0.6) is 0 Å². The smallest absolute Gasteiger partial charge is 0.131 e. The van der Waals surface area contributed by atoms with Crippen LogP contribution in [0.2, 0.25) is 0 Å². The molecule has 0 aliphatic heterocycles. The summed E-state index contributed by atoms with van der Waals surface area (Å²) >= 11 is 0. The van der Waals surface area contributed by atoms with Crippen molar-refractivity contribution in [3.8, 4) is 0 Å². The number of pyridine rings is 6. The molecule has 6 rings (SSSR count). The van der Waals surface area contributed by atoms with Crippen molar-refractivity contribution >= 4 is 34.9 Å². The molecule has 0 amide bonds. The Hall–Kier alpha value is -5.08. The van der Waals surface area contributed by atoms with Gasteiger partial charge in [0.15, 0.2) is 0 Å². The first kappa shape index (κ1) is 29.5. The van der Waals surface area contributed by atoms with E-state index in [1.54, 1.807) is 37.2 Å². The van der Waals surface area contributed by atoms with Crippen LogP contribution in [0.15, 0.2) is 146 Å². The maximum absolute atomic E-state index is 4.12. The second-order valence-electron chi connectivity index (χ2n) is 7.66. The average molecular weight is 615 g/mol. The Balaban J connectivity index is 0.000000163. The maximum Gasteiger partial charge on any atom is 0.131 e. The first-order valence-corrected chi connectivity index (χ1v) is 12.1. The molecule has 200 valence electrons. The second kappa shape index (κ2) is 17.4. The molecule has 0 aliphatic rings. The number of nitrogens with one attached hydrogen (secondary N) is 3. The zero-order valence-electron chi connectivity index (χ0n) is 21.4. The summed E-state index contributed by atoms with van der Waals surface area (Å²) < 4.78 is 0. The number of hydrogen-bond acceptors (Lipinski definition) is 9. The molecule has 0 unspecified atom stereocenters. The summed E-state index contributed by atoms with van der Waals surface area (Å²) in [6.07, 6.45) is 10.4. The van der Waals surface area contributed by atoms with Gasteiger partial charge in [-0.15, -0.1) is 0 Å².